The number of carboxylic acid groups (broad SMARTS) is 1. The van der Waals surface area contributed by atoms with E-state index in [-0.39, 0.29) is 25.8 Å². The van der Waals surface area contributed by atoms with Crippen LogP contribution in [0.15, 0.2) is 30.3 Å². The summed E-state index contributed by atoms with van der Waals surface area (Å²) in [7, 11) is 0. The quantitative estimate of drug-likeness (QED) is 0.273. The molecule has 0 bridgehead atoms. The summed E-state index contributed by atoms with van der Waals surface area (Å²) in [5.74, 6) is -3.39. The highest BCUT2D eigenvalue weighted by Gasteiger charge is 2.36. The van der Waals surface area contributed by atoms with Crippen LogP contribution in [0.2, 0.25) is 0 Å². The van der Waals surface area contributed by atoms with Crippen molar-refractivity contribution in [2.24, 2.45) is 11.5 Å². The minimum absolute atomic E-state index is 0.0510. The maximum absolute atomic E-state index is 12.7. The molecule has 1 heterocycles. The summed E-state index contributed by atoms with van der Waals surface area (Å²) in [5.41, 5.74) is 11.4. The number of likely N-dealkylation sites (tertiary alicyclic amines) is 1. The highest BCUT2D eigenvalue weighted by atomic mass is 16.4. The van der Waals surface area contributed by atoms with Crippen molar-refractivity contribution in [1.29, 1.82) is 0 Å². The molecule has 1 saturated heterocycles. The predicted molar refractivity (Wildman–Crippen MR) is 114 cm³/mol. The van der Waals surface area contributed by atoms with Crippen LogP contribution >= 0.6 is 0 Å². The van der Waals surface area contributed by atoms with Crippen molar-refractivity contribution >= 4 is 29.6 Å². The Morgan fingerprint density at radius 1 is 1.16 bits per heavy atom. The summed E-state index contributed by atoms with van der Waals surface area (Å²) in [6, 6.07) is 5.97. The van der Waals surface area contributed by atoms with Crippen LogP contribution in [0, 0.1) is 0 Å². The topological polar surface area (TPSA) is 185 Å². The van der Waals surface area contributed by atoms with Gasteiger partial charge in [-0.05, 0) is 24.8 Å². The van der Waals surface area contributed by atoms with Crippen LogP contribution in [-0.2, 0) is 30.4 Å². The maximum Gasteiger partial charge on any atom is 0.326 e. The van der Waals surface area contributed by atoms with Gasteiger partial charge in [-0.1, -0.05) is 30.3 Å². The Balaban J connectivity index is 1.91. The zero-order valence-electron chi connectivity index (χ0n) is 17.7. The molecule has 3 unspecified atom stereocenters. The molecule has 7 N–H and O–H groups in total. The van der Waals surface area contributed by atoms with Crippen LogP contribution in [0.25, 0.3) is 0 Å². The maximum atomic E-state index is 12.7. The Labute approximate surface area is 185 Å². The number of amides is 4. The number of benzene rings is 1. The number of aliphatic carboxylic acids is 1. The van der Waals surface area contributed by atoms with Crippen LogP contribution < -0.4 is 22.1 Å². The lowest BCUT2D eigenvalue weighted by molar-refractivity contribution is -0.144. The molecule has 0 aromatic heterocycles. The smallest absolute Gasteiger partial charge is 0.326 e. The van der Waals surface area contributed by atoms with Gasteiger partial charge in [0.2, 0.25) is 23.6 Å². The van der Waals surface area contributed by atoms with Gasteiger partial charge in [-0.15, -0.1) is 0 Å². The second-order valence-electron chi connectivity index (χ2n) is 7.66. The van der Waals surface area contributed by atoms with Crippen molar-refractivity contribution in [3.8, 4) is 0 Å². The van der Waals surface area contributed by atoms with Crippen molar-refractivity contribution in [2.45, 2.75) is 50.2 Å². The fourth-order valence-corrected chi connectivity index (χ4v) is 3.48. The molecule has 0 saturated carbocycles. The highest BCUT2D eigenvalue weighted by Crippen LogP contribution is 2.18. The fourth-order valence-electron chi connectivity index (χ4n) is 3.48. The van der Waals surface area contributed by atoms with Crippen molar-refractivity contribution in [3.05, 3.63) is 35.9 Å². The van der Waals surface area contributed by atoms with Crippen LogP contribution in [0.1, 0.15) is 31.2 Å². The van der Waals surface area contributed by atoms with Gasteiger partial charge in [0.1, 0.15) is 12.1 Å². The number of rotatable bonds is 11. The van der Waals surface area contributed by atoms with Gasteiger partial charge in [0.25, 0.3) is 0 Å². The summed E-state index contributed by atoms with van der Waals surface area (Å²) in [4.78, 5) is 61.0. The van der Waals surface area contributed by atoms with E-state index in [0.717, 1.165) is 5.56 Å². The van der Waals surface area contributed by atoms with E-state index in [9.17, 15) is 29.1 Å². The van der Waals surface area contributed by atoms with Gasteiger partial charge >= 0.3 is 5.97 Å². The molecule has 0 spiro atoms. The van der Waals surface area contributed by atoms with Crippen molar-refractivity contribution in [1.82, 2.24) is 15.5 Å². The van der Waals surface area contributed by atoms with E-state index < -0.39 is 47.7 Å². The summed E-state index contributed by atoms with van der Waals surface area (Å²) in [6.45, 7) is -0.0454. The Bertz CT molecular complexity index is 846. The minimum atomic E-state index is -1.17. The lowest BCUT2D eigenvalue weighted by Crippen LogP contribution is -2.53. The normalized spacial score (nSPS) is 17.3. The Kier molecular flexibility index (Phi) is 9.14. The number of carboxylic acids is 1. The molecule has 32 heavy (non-hydrogen) atoms. The van der Waals surface area contributed by atoms with Gasteiger partial charge < -0.3 is 32.1 Å². The van der Waals surface area contributed by atoms with E-state index in [4.69, 9.17) is 11.5 Å². The number of hydrogen-bond donors (Lipinski definition) is 5. The monoisotopic (exact) mass is 447 g/mol. The Hall–Kier alpha value is -3.47. The van der Waals surface area contributed by atoms with Gasteiger partial charge in [0.15, 0.2) is 0 Å². The lowest BCUT2D eigenvalue weighted by atomic mass is 10.1. The third-order valence-corrected chi connectivity index (χ3v) is 5.23. The molecule has 11 heteroatoms. The molecule has 1 aliphatic rings. The first-order valence-corrected chi connectivity index (χ1v) is 10.4. The van der Waals surface area contributed by atoms with Gasteiger partial charge in [0.05, 0.1) is 12.6 Å². The summed E-state index contributed by atoms with van der Waals surface area (Å²) in [6.07, 6.45) is 1.09. The predicted octanol–water partition coefficient (Wildman–Crippen LogP) is -1.50. The van der Waals surface area contributed by atoms with Gasteiger partial charge in [-0.2, -0.15) is 0 Å². The fraction of sp³-hybridized carbons (Fsp3) is 0.476. The van der Waals surface area contributed by atoms with Crippen molar-refractivity contribution in [2.75, 3.05) is 13.1 Å². The molecule has 3 atom stereocenters. The number of carbonyl (C=O) groups is 5. The van der Waals surface area contributed by atoms with Gasteiger partial charge in [-0.25, -0.2) is 4.79 Å². The summed E-state index contributed by atoms with van der Waals surface area (Å²) >= 11 is 0. The first-order valence-electron chi connectivity index (χ1n) is 10.4. The van der Waals surface area contributed by atoms with E-state index in [1.165, 1.54) is 4.90 Å². The molecule has 1 aromatic rings. The van der Waals surface area contributed by atoms with Crippen molar-refractivity contribution in [3.63, 3.8) is 0 Å². The molecule has 2 rings (SSSR count). The van der Waals surface area contributed by atoms with E-state index in [2.05, 4.69) is 10.6 Å². The highest BCUT2D eigenvalue weighted by molar-refractivity contribution is 5.93. The molecule has 1 aliphatic heterocycles. The molecule has 174 valence electrons. The average molecular weight is 447 g/mol. The number of hydrogen-bond acceptors (Lipinski definition) is 6. The standard InChI is InChI=1S/C21H29N5O6/c22-14(8-9-17(23)27)19(29)24-12-18(28)26-10-4-7-16(26)20(30)25-15(21(31)32)11-13-5-2-1-3-6-13/h1-3,5-6,14-16H,4,7-12,22H2,(H2,23,27)(H,24,29)(H,25,30)(H,31,32). The molecule has 1 fully saturated rings. The molecule has 0 aliphatic carbocycles. The van der Waals surface area contributed by atoms with Crippen LogP contribution in [0.3, 0.4) is 0 Å². The number of nitrogens with one attached hydrogen (secondary N) is 2. The first kappa shape index (κ1) is 24.8. The van der Waals surface area contributed by atoms with Crippen LogP contribution in [0.4, 0.5) is 0 Å². The summed E-state index contributed by atoms with van der Waals surface area (Å²) < 4.78 is 0. The Morgan fingerprint density at radius 2 is 1.84 bits per heavy atom. The van der Waals surface area contributed by atoms with Gasteiger partial charge in [0, 0.05) is 19.4 Å². The summed E-state index contributed by atoms with van der Waals surface area (Å²) in [5, 5.41) is 14.4. The van der Waals surface area contributed by atoms with E-state index in [0.29, 0.717) is 19.4 Å². The molecular formula is C21H29N5O6. The molecule has 4 amide bonds. The van der Waals surface area contributed by atoms with Crippen LogP contribution in [0.5, 0.6) is 0 Å². The molecular weight excluding hydrogens is 418 g/mol. The van der Waals surface area contributed by atoms with E-state index >= 15 is 0 Å². The van der Waals surface area contributed by atoms with E-state index in [1.807, 2.05) is 6.07 Å². The first-order chi connectivity index (χ1) is 15.2. The number of nitrogens with two attached hydrogens (primary N) is 2. The van der Waals surface area contributed by atoms with E-state index in [1.54, 1.807) is 24.3 Å². The Morgan fingerprint density at radius 3 is 2.47 bits per heavy atom. The SMILES string of the molecule is NC(=O)CCC(N)C(=O)NCC(=O)N1CCCC1C(=O)NC(Cc1ccccc1)C(=O)O. The van der Waals surface area contributed by atoms with Gasteiger partial charge in [-0.3, -0.25) is 19.2 Å². The lowest BCUT2D eigenvalue weighted by Gasteiger charge is -2.26. The third kappa shape index (κ3) is 7.34. The number of primary amides is 1. The third-order valence-electron chi connectivity index (χ3n) is 5.23. The minimum Gasteiger partial charge on any atom is -0.480 e. The number of carbonyl (C=O) groups excluding carboxylic acids is 4. The number of nitrogens with zero attached hydrogens (tertiary/aromatic N) is 1. The molecule has 0 radical (unpaired) electrons. The molecule has 11 nitrogen and oxygen atoms in total. The second kappa shape index (κ2) is 11.8. The molecule has 1 aromatic carbocycles. The van der Waals surface area contributed by atoms with Crippen LogP contribution in [-0.4, -0.2) is 70.8 Å². The van der Waals surface area contributed by atoms with Crippen molar-refractivity contribution < 1.29 is 29.1 Å². The average Bonchev–Trinajstić information content (AvgIpc) is 3.25. The second-order valence-corrected chi connectivity index (χ2v) is 7.66. The largest absolute Gasteiger partial charge is 0.480 e. The zero-order valence-corrected chi connectivity index (χ0v) is 17.7. The zero-order chi connectivity index (χ0) is 23.7.